The molecule has 1 aliphatic carbocycles. The molecular formula is C14H20N2O2S2. The highest BCUT2D eigenvalue weighted by Gasteiger charge is 2.19. The number of sulfonamides is 1. The van der Waals surface area contributed by atoms with Crippen LogP contribution in [0.3, 0.4) is 0 Å². The van der Waals surface area contributed by atoms with E-state index in [4.69, 9.17) is 18.0 Å². The Labute approximate surface area is 125 Å². The molecule has 4 nitrogen and oxygen atoms in total. The second kappa shape index (κ2) is 6.20. The molecule has 3 N–H and O–H groups in total. The minimum atomic E-state index is -3.44. The lowest BCUT2D eigenvalue weighted by Crippen LogP contribution is -2.27. The Kier molecular flexibility index (Phi) is 4.78. The van der Waals surface area contributed by atoms with Crippen LogP contribution < -0.4 is 10.5 Å². The molecule has 1 fully saturated rings. The average molecular weight is 312 g/mol. The first-order valence-electron chi connectivity index (χ1n) is 6.80. The summed E-state index contributed by atoms with van der Waals surface area (Å²) in [7, 11) is -3.44. The summed E-state index contributed by atoms with van der Waals surface area (Å²) in [4.78, 5) is 0.549. The second-order valence-electron chi connectivity index (χ2n) is 5.32. The van der Waals surface area contributed by atoms with E-state index in [0.717, 1.165) is 12.0 Å². The molecule has 1 aromatic carbocycles. The van der Waals surface area contributed by atoms with Gasteiger partial charge in [-0.05, 0) is 37.0 Å². The SMILES string of the molecule is Cc1cc(S(=O)(=O)NCCC2CCC2)ccc1C(N)=S. The standard InChI is InChI=1S/C14H20N2O2S2/c1-10-9-12(5-6-13(10)14(15)19)20(17,18)16-8-7-11-3-2-4-11/h5-6,9,11,16H,2-4,7-8H2,1H3,(H2,15,19). The third kappa shape index (κ3) is 3.56. The Morgan fingerprint density at radius 3 is 2.65 bits per heavy atom. The van der Waals surface area contributed by atoms with Crippen molar-refractivity contribution in [2.75, 3.05) is 6.54 Å². The van der Waals surface area contributed by atoms with E-state index in [1.54, 1.807) is 18.2 Å². The molecular weight excluding hydrogens is 292 g/mol. The van der Waals surface area contributed by atoms with E-state index in [1.807, 2.05) is 6.92 Å². The lowest BCUT2D eigenvalue weighted by atomic mass is 9.83. The topological polar surface area (TPSA) is 72.2 Å². The Hall–Kier alpha value is -0.980. The van der Waals surface area contributed by atoms with E-state index in [0.29, 0.717) is 18.0 Å². The highest BCUT2D eigenvalue weighted by Crippen LogP contribution is 2.28. The number of aryl methyl sites for hydroxylation is 1. The van der Waals surface area contributed by atoms with E-state index in [1.165, 1.54) is 19.3 Å². The van der Waals surface area contributed by atoms with Gasteiger partial charge < -0.3 is 5.73 Å². The molecule has 0 aliphatic heterocycles. The smallest absolute Gasteiger partial charge is 0.240 e. The van der Waals surface area contributed by atoms with Gasteiger partial charge in [0.2, 0.25) is 10.0 Å². The van der Waals surface area contributed by atoms with Crippen molar-refractivity contribution in [2.24, 2.45) is 11.7 Å². The predicted octanol–water partition coefficient (Wildman–Crippen LogP) is 2.10. The molecule has 1 aromatic rings. The number of rotatable bonds is 6. The van der Waals surface area contributed by atoms with Crippen LogP contribution in [0.1, 0.15) is 36.8 Å². The van der Waals surface area contributed by atoms with Gasteiger partial charge in [0.25, 0.3) is 0 Å². The number of benzene rings is 1. The van der Waals surface area contributed by atoms with Crippen molar-refractivity contribution in [1.29, 1.82) is 0 Å². The fourth-order valence-corrected chi connectivity index (χ4v) is 3.70. The van der Waals surface area contributed by atoms with E-state index in [9.17, 15) is 8.42 Å². The summed E-state index contributed by atoms with van der Waals surface area (Å²) in [5.74, 6) is 0.691. The molecule has 110 valence electrons. The Balaban J connectivity index is 2.04. The van der Waals surface area contributed by atoms with Gasteiger partial charge in [-0.3, -0.25) is 0 Å². The van der Waals surface area contributed by atoms with Gasteiger partial charge >= 0.3 is 0 Å². The zero-order valence-corrected chi connectivity index (χ0v) is 13.2. The molecule has 2 rings (SSSR count). The van der Waals surface area contributed by atoms with Crippen molar-refractivity contribution in [3.63, 3.8) is 0 Å². The monoisotopic (exact) mass is 312 g/mol. The second-order valence-corrected chi connectivity index (χ2v) is 7.53. The molecule has 0 atom stereocenters. The maximum atomic E-state index is 12.2. The Morgan fingerprint density at radius 2 is 2.15 bits per heavy atom. The summed E-state index contributed by atoms with van der Waals surface area (Å²) < 4.78 is 27.0. The van der Waals surface area contributed by atoms with E-state index >= 15 is 0 Å². The van der Waals surface area contributed by atoms with Crippen molar-refractivity contribution in [2.45, 2.75) is 37.5 Å². The molecule has 0 bridgehead atoms. The first-order chi connectivity index (χ1) is 9.40. The minimum absolute atomic E-state index is 0.267. The maximum Gasteiger partial charge on any atom is 0.240 e. The van der Waals surface area contributed by atoms with Crippen LogP contribution in [0.4, 0.5) is 0 Å². The van der Waals surface area contributed by atoms with Gasteiger partial charge in [0.05, 0.1) is 4.90 Å². The normalized spacial score (nSPS) is 15.8. The molecule has 0 radical (unpaired) electrons. The largest absolute Gasteiger partial charge is 0.389 e. The molecule has 0 spiro atoms. The molecule has 0 unspecified atom stereocenters. The third-order valence-corrected chi connectivity index (χ3v) is 5.52. The lowest BCUT2D eigenvalue weighted by molar-refractivity contribution is 0.297. The highest BCUT2D eigenvalue weighted by molar-refractivity contribution is 7.89. The Bertz CT molecular complexity index is 608. The van der Waals surface area contributed by atoms with Crippen molar-refractivity contribution in [1.82, 2.24) is 4.72 Å². The van der Waals surface area contributed by atoms with E-state index in [-0.39, 0.29) is 9.88 Å². The molecule has 0 amide bonds. The van der Waals surface area contributed by atoms with Crippen LogP contribution >= 0.6 is 12.2 Å². The van der Waals surface area contributed by atoms with Gasteiger partial charge in [0.1, 0.15) is 4.99 Å². The minimum Gasteiger partial charge on any atom is -0.389 e. The van der Waals surface area contributed by atoms with Crippen LogP contribution in [-0.2, 0) is 10.0 Å². The average Bonchev–Trinajstić information content (AvgIpc) is 2.31. The summed E-state index contributed by atoms with van der Waals surface area (Å²) in [6.45, 7) is 2.31. The first-order valence-corrected chi connectivity index (χ1v) is 8.69. The van der Waals surface area contributed by atoms with Crippen LogP contribution in [0.5, 0.6) is 0 Å². The summed E-state index contributed by atoms with van der Waals surface area (Å²) in [5.41, 5.74) is 7.07. The third-order valence-electron chi connectivity index (χ3n) is 3.84. The molecule has 6 heteroatoms. The van der Waals surface area contributed by atoms with Crippen LogP contribution in [0.2, 0.25) is 0 Å². The van der Waals surface area contributed by atoms with Crippen LogP contribution in [-0.4, -0.2) is 20.0 Å². The Morgan fingerprint density at radius 1 is 1.45 bits per heavy atom. The van der Waals surface area contributed by atoms with Crippen molar-refractivity contribution in [3.05, 3.63) is 29.3 Å². The molecule has 0 heterocycles. The molecule has 1 saturated carbocycles. The maximum absolute atomic E-state index is 12.2. The summed E-state index contributed by atoms with van der Waals surface area (Å²) in [6, 6.07) is 4.82. The number of nitrogens with two attached hydrogens (primary N) is 1. The zero-order valence-electron chi connectivity index (χ0n) is 11.6. The first kappa shape index (κ1) is 15.4. The van der Waals surface area contributed by atoms with Crippen molar-refractivity contribution >= 4 is 27.2 Å². The molecule has 0 saturated heterocycles. The van der Waals surface area contributed by atoms with Crippen LogP contribution in [0.25, 0.3) is 0 Å². The summed E-state index contributed by atoms with van der Waals surface area (Å²) in [6.07, 6.45) is 4.65. The number of hydrogen-bond acceptors (Lipinski definition) is 3. The van der Waals surface area contributed by atoms with Crippen LogP contribution in [0, 0.1) is 12.8 Å². The van der Waals surface area contributed by atoms with Gasteiger partial charge in [-0.25, -0.2) is 13.1 Å². The van der Waals surface area contributed by atoms with Gasteiger partial charge in [0, 0.05) is 12.1 Å². The fraction of sp³-hybridized carbons (Fsp3) is 0.500. The number of thiocarbonyl (C=S) groups is 1. The lowest BCUT2D eigenvalue weighted by Gasteiger charge is -2.25. The van der Waals surface area contributed by atoms with Crippen molar-refractivity contribution < 1.29 is 8.42 Å². The van der Waals surface area contributed by atoms with E-state index < -0.39 is 10.0 Å². The van der Waals surface area contributed by atoms with Crippen LogP contribution in [0.15, 0.2) is 23.1 Å². The summed E-state index contributed by atoms with van der Waals surface area (Å²) >= 11 is 4.92. The zero-order chi connectivity index (χ0) is 14.8. The molecule has 0 aromatic heterocycles. The van der Waals surface area contributed by atoms with Gasteiger partial charge in [-0.1, -0.05) is 37.5 Å². The highest BCUT2D eigenvalue weighted by atomic mass is 32.2. The number of hydrogen-bond donors (Lipinski definition) is 2. The number of nitrogens with one attached hydrogen (secondary N) is 1. The van der Waals surface area contributed by atoms with Gasteiger partial charge in [0.15, 0.2) is 0 Å². The van der Waals surface area contributed by atoms with Gasteiger partial charge in [-0.15, -0.1) is 0 Å². The molecule has 20 heavy (non-hydrogen) atoms. The van der Waals surface area contributed by atoms with Gasteiger partial charge in [-0.2, -0.15) is 0 Å². The fourth-order valence-electron chi connectivity index (χ4n) is 2.34. The summed E-state index contributed by atoms with van der Waals surface area (Å²) in [5, 5.41) is 0. The van der Waals surface area contributed by atoms with E-state index in [2.05, 4.69) is 4.72 Å². The van der Waals surface area contributed by atoms with Crippen molar-refractivity contribution in [3.8, 4) is 0 Å². The molecule has 1 aliphatic rings. The quantitative estimate of drug-likeness (QED) is 0.789. The predicted molar refractivity (Wildman–Crippen MR) is 84.2 cm³/mol.